The van der Waals surface area contributed by atoms with Gasteiger partial charge >= 0.3 is 0 Å². The molecule has 0 spiro atoms. The molecule has 1 aliphatic heterocycles. The van der Waals surface area contributed by atoms with Crippen molar-refractivity contribution in [3.05, 3.63) is 59.2 Å². The zero-order valence-electron chi connectivity index (χ0n) is 17.9. The van der Waals surface area contributed by atoms with Gasteiger partial charge in [0, 0.05) is 31.7 Å². The molecule has 0 bridgehead atoms. The SMILES string of the molecule is COc1ccc(C(C)NC(=O)c2cc(S(=O)(=O)N3CCN(C)CC3)ccc2C)cc1. The second kappa shape index (κ2) is 9.16. The van der Waals surface area contributed by atoms with Gasteiger partial charge in [0.05, 0.1) is 18.0 Å². The molecule has 1 heterocycles. The van der Waals surface area contributed by atoms with Gasteiger partial charge < -0.3 is 15.0 Å². The van der Waals surface area contributed by atoms with Crippen LogP contribution in [0.1, 0.15) is 34.5 Å². The lowest BCUT2D eigenvalue weighted by Gasteiger charge is -2.31. The highest BCUT2D eigenvalue weighted by Gasteiger charge is 2.28. The first-order valence-corrected chi connectivity index (χ1v) is 11.4. The van der Waals surface area contributed by atoms with Crippen molar-refractivity contribution in [3.63, 3.8) is 0 Å². The standard InChI is InChI=1S/C22H29N3O4S/c1-16-5-10-20(30(27,28)25-13-11-24(3)12-14-25)15-21(16)22(26)23-17(2)18-6-8-19(29-4)9-7-18/h5-10,15,17H,11-14H2,1-4H3,(H,23,26). The van der Waals surface area contributed by atoms with Gasteiger partial charge in [-0.05, 0) is 56.3 Å². The number of benzene rings is 2. The van der Waals surface area contributed by atoms with Crippen molar-refractivity contribution >= 4 is 15.9 Å². The van der Waals surface area contributed by atoms with E-state index in [-0.39, 0.29) is 16.8 Å². The summed E-state index contributed by atoms with van der Waals surface area (Å²) in [7, 11) is -0.0560. The Kier molecular flexibility index (Phi) is 6.80. The van der Waals surface area contributed by atoms with Crippen LogP contribution in [-0.4, -0.2) is 63.9 Å². The molecule has 162 valence electrons. The van der Waals surface area contributed by atoms with Gasteiger partial charge in [0.1, 0.15) is 5.75 Å². The first-order valence-electron chi connectivity index (χ1n) is 9.96. The Morgan fingerprint density at radius 1 is 1.07 bits per heavy atom. The summed E-state index contributed by atoms with van der Waals surface area (Å²) in [4.78, 5) is 15.2. The van der Waals surface area contributed by atoms with Gasteiger partial charge in [0.15, 0.2) is 0 Å². The summed E-state index contributed by atoms with van der Waals surface area (Å²) >= 11 is 0. The van der Waals surface area contributed by atoms with Gasteiger partial charge in [0.2, 0.25) is 10.0 Å². The molecular formula is C22H29N3O4S. The van der Waals surface area contributed by atoms with Crippen LogP contribution in [0.25, 0.3) is 0 Å². The highest BCUT2D eigenvalue weighted by atomic mass is 32.2. The van der Waals surface area contributed by atoms with Crippen molar-refractivity contribution in [3.8, 4) is 5.75 Å². The largest absolute Gasteiger partial charge is 0.497 e. The summed E-state index contributed by atoms with van der Waals surface area (Å²) in [5.74, 6) is 0.446. The molecular weight excluding hydrogens is 402 g/mol. The number of nitrogens with one attached hydrogen (secondary N) is 1. The van der Waals surface area contributed by atoms with E-state index in [2.05, 4.69) is 10.2 Å². The quantitative estimate of drug-likeness (QED) is 0.760. The second-order valence-electron chi connectivity index (χ2n) is 7.65. The number of amides is 1. The fourth-order valence-electron chi connectivity index (χ4n) is 3.43. The van der Waals surface area contributed by atoms with Crippen molar-refractivity contribution in [2.45, 2.75) is 24.8 Å². The Labute approximate surface area is 178 Å². The third-order valence-corrected chi connectivity index (χ3v) is 7.41. The number of rotatable bonds is 6. The summed E-state index contributed by atoms with van der Waals surface area (Å²) in [5.41, 5.74) is 2.03. The molecule has 0 aliphatic carbocycles. The number of carbonyl (C=O) groups is 1. The monoisotopic (exact) mass is 431 g/mol. The van der Waals surface area contributed by atoms with Crippen LogP contribution < -0.4 is 10.1 Å². The van der Waals surface area contributed by atoms with Crippen molar-refractivity contribution in [1.29, 1.82) is 0 Å². The normalized spacial score (nSPS) is 16.8. The number of ether oxygens (including phenoxy) is 1. The Bertz CT molecular complexity index is 998. The molecule has 1 N–H and O–H groups in total. The maximum atomic E-state index is 13.0. The Balaban J connectivity index is 1.79. The zero-order chi connectivity index (χ0) is 21.9. The maximum Gasteiger partial charge on any atom is 0.252 e. The first-order chi connectivity index (χ1) is 14.2. The first kappa shape index (κ1) is 22.3. The van der Waals surface area contributed by atoms with Gasteiger partial charge in [-0.15, -0.1) is 0 Å². The van der Waals surface area contributed by atoms with Crippen LogP contribution in [0, 0.1) is 6.92 Å². The van der Waals surface area contributed by atoms with E-state index < -0.39 is 10.0 Å². The Hall–Kier alpha value is -2.42. The van der Waals surface area contributed by atoms with Crippen LogP contribution in [0.5, 0.6) is 5.75 Å². The number of piperazine rings is 1. The van der Waals surface area contributed by atoms with Crippen LogP contribution in [0.15, 0.2) is 47.4 Å². The molecule has 30 heavy (non-hydrogen) atoms. The molecule has 1 amide bonds. The Morgan fingerprint density at radius 3 is 2.30 bits per heavy atom. The summed E-state index contributed by atoms with van der Waals surface area (Å²) < 4.78 is 32.7. The molecule has 3 rings (SSSR count). The fourth-order valence-corrected chi connectivity index (χ4v) is 4.88. The highest BCUT2D eigenvalue weighted by Crippen LogP contribution is 2.22. The number of likely N-dealkylation sites (N-methyl/N-ethyl adjacent to an activating group) is 1. The molecule has 1 atom stereocenters. The fraction of sp³-hybridized carbons (Fsp3) is 0.409. The van der Waals surface area contributed by atoms with Crippen LogP contribution in [0.4, 0.5) is 0 Å². The van der Waals surface area contributed by atoms with E-state index in [0.29, 0.717) is 31.7 Å². The van der Waals surface area contributed by atoms with E-state index in [1.807, 2.05) is 38.2 Å². The van der Waals surface area contributed by atoms with Crippen molar-refractivity contribution in [1.82, 2.24) is 14.5 Å². The third kappa shape index (κ3) is 4.83. The van der Waals surface area contributed by atoms with E-state index in [4.69, 9.17) is 4.74 Å². The summed E-state index contributed by atoms with van der Waals surface area (Å²) in [6.07, 6.45) is 0. The number of aryl methyl sites for hydroxylation is 1. The van der Waals surface area contributed by atoms with E-state index in [9.17, 15) is 13.2 Å². The molecule has 0 saturated carbocycles. The molecule has 7 nitrogen and oxygen atoms in total. The third-order valence-electron chi connectivity index (χ3n) is 5.52. The van der Waals surface area contributed by atoms with E-state index in [1.165, 1.54) is 10.4 Å². The molecule has 1 fully saturated rings. The average molecular weight is 432 g/mol. The molecule has 1 saturated heterocycles. The lowest BCUT2D eigenvalue weighted by molar-refractivity contribution is 0.0939. The molecule has 0 aromatic heterocycles. The number of carbonyl (C=O) groups excluding carboxylic acids is 1. The smallest absolute Gasteiger partial charge is 0.252 e. The highest BCUT2D eigenvalue weighted by molar-refractivity contribution is 7.89. The summed E-state index contributed by atoms with van der Waals surface area (Å²) in [6.45, 7) is 5.97. The van der Waals surface area contributed by atoms with Crippen LogP contribution >= 0.6 is 0 Å². The van der Waals surface area contributed by atoms with Gasteiger partial charge in [-0.1, -0.05) is 18.2 Å². The zero-order valence-corrected chi connectivity index (χ0v) is 18.7. The van der Waals surface area contributed by atoms with Gasteiger partial charge in [0.25, 0.3) is 5.91 Å². The van der Waals surface area contributed by atoms with Gasteiger partial charge in [-0.25, -0.2) is 8.42 Å². The van der Waals surface area contributed by atoms with E-state index in [1.54, 1.807) is 26.2 Å². The van der Waals surface area contributed by atoms with Crippen LogP contribution in [0.3, 0.4) is 0 Å². The van der Waals surface area contributed by atoms with Gasteiger partial charge in [-0.3, -0.25) is 4.79 Å². The van der Waals surface area contributed by atoms with Crippen LogP contribution in [-0.2, 0) is 10.0 Å². The van der Waals surface area contributed by atoms with Crippen LogP contribution in [0.2, 0.25) is 0 Å². The number of hydrogen-bond acceptors (Lipinski definition) is 5. The average Bonchev–Trinajstić information content (AvgIpc) is 2.74. The number of methoxy groups -OCH3 is 1. The Morgan fingerprint density at radius 2 is 1.70 bits per heavy atom. The number of nitrogens with zero attached hydrogens (tertiary/aromatic N) is 2. The number of sulfonamides is 1. The molecule has 2 aromatic rings. The molecule has 8 heteroatoms. The van der Waals surface area contributed by atoms with Crippen molar-refractivity contribution in [2.75, 3.05) is 40.3 Å². The summed E-state index contributed by atoms with van der Waals surface area (Å²) in [5, 5.41) is 2.96. The van der Waals surface area contributed by atoms with Crippen molar-refractivity contribution < 1.29 is 17.9 Å². The predicted octanol–water partition coefficient (Wildman–Crippen LogP) is 2.43. The minimum Gasteiger partial charge on any atom is -0.497 e. The molecule has 1 unspecified atom stereocenters. The lowest BCUT2D eigenvalue weighted by atomic mass is 10.1. The van der Waals surface area contributed by atoms with E-state index >= 15 is 0 Å². The maximum absolute atomic E-state index is 13.0. The van der Waals surface area contributed by atoms with Gasteiger partial charge in [-0.2, -0.15) is 4.31 Å². The van der Waals surface area contributed by atoms with Crippen molar-refractivity contribution in [2.24, 2.45) is 0 Å². The predicted molar refractivity (Wildman–Crippen MR) is 116 cm³/mol. The molecule has 0 radical (unpaired) electrons. The lowest BCUT2D eigenvalue weighted by Crippen LogP contribution is -2.47. The number of hydrogen-bond donors (Lipinski definition) is 1. The second-order valence-corrected chi connectivity index (χ2v) is 9.59. The van der Waals surface area contributed by atoms with E-state index in [0.717, 1.165) is 16.9 Å². The summed E-state index contributed by atoms with van der Waals surface area (Å²) in [6, 6.07) is 12.0. The minimum atomic E-state index is -3.63. The topological polar surface area (TPSA) is 78.9 Å². The molecule has 2 aromatic carbocycles. The molecule has 1 aliphatic rings. The minimum absolute atomic E-state index is 0.153.